The Morgan fingerprint density at radius 2 is 0.739 bits per heavy atom. The van der Waals surface area contributed by atoms with Gasteiger partial charge in [-0.3, -0.25) is 0 Å². The van der Waals surface area contributed by atoms with E-state index in [1.54, 1.807) is 0 Å². The monoisotopic (exact) mass is 580 g/mol. The molecule has 23 heavy (non-hydrogen) atoms. The molecule has 0 unspecified atom stereocenters. The number of benzene rings is 3. The van der Waals surface area contributed by atoms with Gasteiger partial charge in [-0.15, -0.1) is 0 Å². The Morgan fingerprint density at radius 1 is 0.478 bits per heavy atom. The molecule has 0 saturated heterocycles. The van der Waals surface area contributed by atoms with Crippen LogP contribution in [-0.2, 0) is 28.3 Å². The first-order chi connectivity index (χ1) is 11.2. The van der Waals surface area contributed by atoms with Crippen molar-refractivity contribution in [3.8, 4) is 0 Å². The van der Waals surface area contributed by atoms with E-state index in [0.717, 1.165) is 0 Å². The van der Waals surface area contributed by atoms with Crippen LogP contribution in [0.15, 0.2) is 91.0 Å². The fourth-order valence-electron chi connectivity index (χ4n) is 3.07. The van der Waals surface area contributed by atoms with E-state index in [9.17, 15) is 0 Å². The van der Waals surface area contributed by atoms with Gasteiger partial charge in [-0.05, 0) is 0 Å². The summed E-state index contributed by atoms with van der Waals surface area (Å²) in [5.41, 5.74) is 4.53. The summed E-state index contributed by atoms with van der Waals surface area (Å²) in [6.07, 6.45) is 0. The zero-order valence-corrected chi connectivity index (χ0v) is 18.9. The summed E-state index contributed by atoms with van der Waals surface area (Å²) in [6.45, 7) is 0. The molecule has 0 aliphatic rings. The van der Waals surface area contributed by atoms with Crippen LogP contribution in [0.2, 0.25) is 0 Å². The average Bonchev–Trinajstić information content (AvgIpc) is 2.57. The topological polar surface area (TPSA) is 0 Å². The van der Waals surface area contributed by atoms with Crippen LogP contribution in [0.5, 0.6) is 0 Å². The minimum atomic E-state index is -2.51. The van der Waals surface area contributed by atoms with Crippen molar-refractivity contribution < 1.29 is 15.8 Å². The van der Waals surface area contributed by atoms with Gasteiger partial charge in [0.15, 0.2) is 0 Å². The fourth-order valence-corrected chi connectivity index (χ4v) is 25.7. The van der Waals surface area contributed by atoms with Crippen LogP contribution in [0.3, 0.4) is 0 Å². The molecular weight excluding hydrogens is 558 g/mol. The SMILES string of the molecule is [I][Hf]([CH2]c1ccccc1)([CH2]c1ccccc1)[CH2]c1ccccc1. The maximum atomic E-state index is 2.91. The minimum absolute atomic E-state index is 1.30. The molecule has 0 aliphatic carbocycles. The molecule has 3 rings (SSSR count). The van der Waals surface area contributed by atoms with Crippen molar-refractivity contribution in [3.63, 3.8) is 0 Å². The molecule has 0 radical (unpaired) electrons. The predicted molar refractivity (Wildman–Crippen MR) is 104 cm³/mol. The van der Waals surface area contributed by atoms with Crippen molar-refractivity contribution >= 4 is 18.1 Å². The van der Waals surface area contributed by atoms with E-state index in [1.807, 2.05) is 0 Å². The van der Waals surface area contributed by atoms with Crippen LogP contribution in [0, 0.1) is 0 Å². The van der Waals surface area contributed by atoms with Crippen LogP contribution < -0.4 is 0 Å². The summed E-state index contributed by atoms with van der Waals surface area (Å²) in [6, 6.07) is 33.1. The van der Waals surface area contributed by atoms with Crippen molar-refractivity contribution in [2.45, 2.75) is 12.5 Å². The maximum absolute atomic E-state index is 2.91. The zero-order valence-electron chi connectivity index (χ0n) is 13.2. The summed E-state index contributed by atoms with van der Waals surface area (Å²) in [5, 5.41) is 0. The summed E-state index contributed by atoms with van der Waals surface area (Å²) in [7, 11) is 0. The van der Waals surface area contributed by atoms with Crippen molar-refractivity contribution in [2.75, 3.05) is 0 Å². The molecule has 0 N–H and O–H groups in total. The second kappa shape index (κ2) is 8.39. The van der Waals surface area contributed by atoms with Crippen LogP contribution in [0.1, 0.15) is 16.7 Å². The van der Waals surface area contributed by atoms with Crippen molar-refractivity contribution in [1.29, 1.82) is 0 Å². The van der Waals surface area contributed by atoms with Crippen LogP contribution >= 0.6 is 18.1 Å². The molecule has 0 saturated carbocycles. The molecule has 0 aliphatic heterocycles. The Hall–Kier alpha value is -0.740. The molecule has 3 aromatic rings. The second-order valence-corrected chi connectivity index (χ2v) is 36.9. The third kappa shape index (κ3) is 5.39. The van der Waals surface area contributed by atoms with Gasteiger partial charge in [0, 0.05) is 0 Å². The third-order valence-electron chi connectivity index (χ3n) is 4.09. The standard InChI is InChI=1S/3C7H7.Hf.HI/c3*1-7-5-3-2-4-6-7;;/h3*2-6H,1H2;;1H/q;;;+1;/p-1. The predicted octanol–water partition coefficient (Wildman–Crippen LogP) is 6.09. The summed E-state index contributed by atoms with van der Waals surface area (Å²) >= 11 is 0.395. The Kier molecular flexibility index (Phi) is 6.23. The van der Waals surface area contributed by atoms with E-state index in [1.165, 1.54) is 29.2 Å². The van der Waals surface area contributed by atoms with E-state index >= 15 is 0 Å². The van der Waals surface area contributed by atoms with E-state index in [2.05, 4.69) is 109 Å². The molecule has 0 bridgehead atoms. The fraction of sp³-hybridized carbons (Fsp3) is 0.143. The first kappa shape index (κ1) is 17.1. The average molecular weight is 579 g/mol. The van der Waals surface area contributed by atoms with Gasteiger partial charge >= 0.3 is 154 Å². The van der Waals surface area contributed by atoms with Gasteiger partial charge in [0.1, 0.15) is 0 Å². The van der Waals surface area contributed by atoms with Gasteiger partial charge in [-0.25, -0.2) is 0 Å². The molecule has 0 aromatic heterocycles. The van der Waals surface area contributed by atoms with Crippen LogP contribution in [0.25, 0.3) is 0 Å². The van der Waals surface area contributed by atoms with E-state index in [4.69, 9.17) is 0 Å². The summed E-state index contributed by atoms with van der Waals surface area (Å²) in [4.78, 5) is 0. The Morgan fingerprint density at radius 3 is 1.00 bits per heavy atom. The molecule has 0 amide bonds. The van der Waals surface area contributed by atoms with Crippen molar-refractivity contribution in [1.82, 2.24) is 0 Å². The molecule has 0 nitrogen and oxygen atoms in total. The second-order valence-electron chi connectivity index (χ2n) is 6.14. The molecule has 3 aromatic carbocycles. The van der Waals surface area contributed by atoms with Gasteiger partial charge in [0.2, 0.25) is 0 Å². The normalized spacial score (nSPS) is 11.3. The first-order valence-corrected chi connectivity index (χ1v) is 25.9. The molecular formula is C21H21HfI. The number of hydrogen-bond donors (Lipinski definition) is 0. The van der Waals surface area contributed by atoms with Crippen molar-refractivity contribution in [3.05, 3.63) is 108 Å². The summed E-state index contributed by atoms with van der Waals surface area (Å²) < 4.78 is 3.91. The molecule has 116 valence electrons. The Bertz CT molecular complexity index is 609. The molecule has 0 spiro atoms. The van der Waals surface area contributed by atoms with Crippen LogP contribution in [-0.4, -0.2) is 0 Å². The van der Waals surface area contributed by atoms with Gasteiger partial charge in [0.25, 0.3) is 0 Å². The van der Waals surface area contributed by atoms with Gasteiger partial charge in [0.05, 0.1) is 0 Å². The molecule has 0 heterocycles. The van der Waals surface area contributed by atoms with Gasteiger partial charge < -0.3 is 0 Å². The molecule has 0 atom stereocenters. The quantitative estimate of drug-likeness (QED) is 0.245. The van der Waals surface area contributed by atoms with Gasteiger partial charge in [-0.1, -0.05) is 0 Å². The van der Waals surface area contributed by atoms with Gasteiger partial charge in [-0.2, -0.15) is 0 Å². The first-order valence-electron chi connectivity index (χ1n) is 8.04. The zero-order chi connectivity index (χ0) is 16.0. The molecule has 0 fully saturated rings. The third-order valence-corrected chi connectivity index (χ3v) is 24.7. The van der Waals surface area contributed by atoms with E-state index in [0.29, 0.717) is 0 Å². The van der Waals surface area contributed by atoms with E-state index < -0.39 is 15.8 Å². The number of halogens is 1. The summed E-state index contributed by atoms with van der Waals surface area (Å²) in [5.74, 6) is 0. The van der Waals surface area contributed by atoms with Crippen molar-refractivity contribution in [2.24, 2.45) is 0 Å². The van der Waals surface area contributed by atoms with E-state index in [-0.39, 0.29) is 0 Å². The number of rotatable bonds is 6. The number of hydrogen-bond acceptors (Lipinski definition) is 0. The Balaban J connectivity index is 1.85. The van der Waals surface area contributed by atoms with Crippen LogP contribution in [0.4, 0.5) is 0 Å². The Labute approximate surface area is 153 Å². The molecule has 2 heteroatoms.